The lowest BCUT2D eigenvalue weighted by Crippen LogP contribution is -2.49. The number of rotatable bonds is 5. The molecule has 2 rings (SSSR count). The van der Waals surface area contributed by atoms with Crippen molar-refractivity contribution in [2.45, 2.75) is 32.4 Å². The van der Waals surface area contributed by atoms with Crippen LogP contribution in [0.1, 0.15) is 31.9 Å². The van der Waals surface area contributed by atoms with Crippen LogP contribution in [0.2, 0.25) is 0 Å². The van der Waals surface area contributed by atoms with Gasteiger partial charge in [0.05, 0.1) is 6.10 Å². The maximum absolute atomic E-state index is 13.6. The van der Waals surface area contributed by atoms with Gasteiger partial charge in [-0.05, 0) is 31.5 Å². The number of piperidine rings is 1. The van der Waals surface area contributed by atoms with Crippen LogP contribution in [0.25, 0.3) is 0 Å². The lowest BCUT2D eigenvalue weighted by molar-refractivity contribution is 0.125. The summed E-state index contributed by atoms with van der Waals surface area (Å²) in [6.07, 6.45) is 0.298. The number of benzene rings is 1. The van der Waals surface area contributed by atoms with E-state index in [-0.39, 0.29) is 5.82 Å². The first-order valence-corrected chi connectivity index (χ1v) is 7.50. The number of nitrogens with zero attached hydrogens (tertiary/aromatic N) is 1. The minimum absolute atomic E-state index is 0.337. The molecule has 0 saturated carbocycles. The van der Waals surface area contributed by atoms with Crippen LogP contribution in [0, 0.1) is 11.7 Å². The van der Waals surface area contributed by atoms with Crippen molar-refractivity contribution in [1.82, 2.24) is 10.2 Å². The zero-order chi connectivity index (χ0) is 14.5. The predicted octanol–water partition coefficient (Wildman–Crippen LogP) is 2.18. The van der Waals surface area contributed by atoms with E-state index >= 15 is 0 Å². The Morgan fingerprint density at radius 3 is 2.85 bits per heavy atom. The molecule has 1 aliphatic heterocycles. The first-order valence-electron chi connectivity index (χ1n) is 7.50. The number of likely N-dealkylation sites (tertiary alicyclic amines) is 1. The molecule has 1 fully saturated rings. The second-order valence-corrected chi connectivity index (χ2v) is 5.71. The van der Waals surface area contributed by atoms with Crippen LogP contribution in [0.5, 0.6) is 0 Å². The van der Waals surface area contributed by atoms with Gasteiger partial charge in [0.1, 0.15) is 5.82 Å². The fourth-order valence-corrected chi connectivity index (χ4v) is 2.94. The van der Waals surface area contributed by atoms with Gasteiger partial charge in [0, 0.05) is 24.7 Å². The zero-order valence-electron chi connectivity index (χ0n) is 12.3. The summed E-state index contributed by atoms with van der Waals surface area (Å²) in [7, 11) is 0. The van der Waals surface area contributed by atoms with Gasteiger partial charge in [-0.1, -0.05) is 32.0 Å². The van der Waals surface area contributed by atoms with Crippen molar-refractivity contribution in [1.29, 1.82) is 0 Å². The van der Waals surface area contributed by atoms with Crippen LogP contribution in [-0.2, 0) is 0 Å². The van der Waals surface area contributed by atoms with Crippen LogP contribution >= 0.6 is 0 Å². The summed E-state index contributed by atoms with van der Waals surface area (Å²) in [4.78, 5) is 2.44. The summed E-state index contributed by atoms with van der Waals surface area (Å²) in [6, 6.07) is 6.83. The fraction of sp³-hybridized carbons (Fsp3) is 0.625. The normalized spacial score (nSPS) is 25.6. The minimum Gasteiger partial charge on any atom is -0.387 e. The summed E-state index contributed by atoms with van der Waals surface area (Å²) >= 11 is 0. The highest BCUT2D eigenvalue weighted by molar-refractivity contribution is 5.20. The topological polar surface area (TPSA) is 35.5 Å². The number of hydrogen-bond acceptors (Lipinski definition) is 3. The molecule has 1 aromatic rings. The molecule has 0 aliphatic carbocycles. The third kappa shape index (κ3) is 3.78. The van der Waals surface area contributed by atoms with Crippen LogP contribution in [0.15, 0.2) is 24.3 Å². The highest BCUT2D eigenvalue weighted by atomic mass is 19.1. The van der Waals surface area contributed by atoms with Crippen LogP contribution in [0.4, 0.5) is 4.39 Å². The van der Waals surface area contributed by atoms with Gasteiger partial charge in [-0.3, -0.25) is 0 Å². The molecular weight excluding hydrogens is 255 g/mol. The molecule has 0 amide bonds. The summed E-state index contributed by atoms with van der Waals surface area (Å²) in [5.74, 6) is 0.215. The Labute approximate surface area is 120 Å². The van der Waals surface area contributed by atoms with Gasteiger partial charge >= 0.3 is 0 Å². The monoisotopic (exact) mass is 280 g/mol. The smallest absolute Gasteiger partial charge is 0.129 e. The quantitative estimate of drug-likeness (QED) is 0.868. The summed E-state index contributed by atoms with van der Waals surface area (Å²) in [6.45, 7) is 8.09. The average molecular weight is 280 g/mol. The van der Waals surface area contributed by atoms with Gasteiger partial charge in [-0.25, -0.2) is 4.39 Å². The van der Waals surface area contributed by atoms with Gasteiger partial charge < -0.3 is 15.3 Å². The van der Waals surface area contributed by atoms with E-state index in [9.17, 15) is 9.50 Å². The van der Waals surface area contributed by atoms with Gasteiger partial charge in [-0.15, -0.1) is 0 Å². The van der Waals surface area contributed by atoms with Crippen LogP contribution in [-0.4, -0.2) is 42.2 Å². The van der Waals surface area contributed by atoms with Crippen molar-refractivity contribution in [3.63, 3.8) is 0 Å². The Bertz CT molecular complexity index is 427. The molecule has 0 spiro atoms. The largest absolute Gasteiger partial charge is 0.387 e. The van der Waals surface area contributed by atoms with Crippen LogP contribution < -0.4 is 5.32 Å². The van der Waals surface area contributed by atoms with Crippen molar-refractivity contribution in [2.75, 3.05) is 26.2 Å². The van der Waals surface area contributed by atoms with Crippen molar-refractivity contribution in [2.24, 2.45) is 5.92 Å². The molecular formula is C16H25FN2O. The van der Waals surface area contributed by atoms with Gasteiger partial charge in [0.15, 0.2) is 0 Å². The summed E-state index contributed by atoms with van der Waals surface area (Å²) in [5.41, 5.74) is 0.374. The first kappa shape index (κ1) is 15.4. The Hall–Kier alpha value is -0.970. The SMILES string of the molecule is CCN1CCC(NCC(O)c2ccccc2F)C(C)C1. The van der Waals surface area contributed by atoms with Crippen molar-refractivity contribution in [3.05, 3.63) is 35.6 Å². The number of aliphatic hydroxyl groups is 1. The average Bonchev–Trinajstić information content (AvgIpc) is 2.46. The molecule has 3 unspecified atom stereocenters. The third-order valence-electron chi connectivity index (χ3n) is 4.27. The van der Waals surface area contributed by atoms with Crippen molar-refractivity contribution >= 4 is 0 Å². The van der Waals surface area contributed by atoms with Gasteiger partial charge in [-0.2, -0.15) is 0 Å². The highest BCUT2D eigenvalue weighted by Gasteiger charge is 2.25. The van der Waals surface area contributed by atoms with E-state index in [4.69, 9.17) is 0 Å². The van der Waals surface area contributed by atoms with E-state index in [1.165, 1.54) is 6.07 Å². The molecule has 3 nitrogen and oxygen atoms in total. The fourth-order valence-electron chi connectivity index (χ4n) is 2.94. The third-order valence-corrected chi connectivity index (χ3v) is 4.27. The first-order chi connectivity index (χ1) is 9.61. The molecule has 1 heterocycles. The standard InChI is InChI=1S/C16H25FN2O/c1-3-19-9-8-15(12(2)11-19)18-10-16(20)13-6-4-5-7-14(13)17/h4-7,12,15-16,18,20H,3,8-11H2,1-2H3. The molecule has 3 atom stereocenters. The second kappa shape index (κ2) is 7.16. The number of hydrogen-bond donors (Lipinski definition) is 2. The highest BCUT2D eigenvalue weighted by Crippen LogP contribution is 2.19. The van der Waals surface area contributed by atoms with E-state index in [0.717, 1.165) is 26.1 Å². The molecule has 112 valence electrons. The zero-order valence-corrected chi connectivity index (χ0v) is 12.3. The second-order valence-electron chi connectivity index (χ2n) is 5.71. The number of halogens is 1. The van der Waals surface area contributed by atoms with E-state index in [1.54, 1.807) is 18.2 Å². The summed E-state index contributed by atoms with van der Waals surface area (Å²) < 4.78 is 13.6. The van der Waals surface area contributed by atoms with Crippen molar-refractivity contribution < 1.29 is 9.50 Å². The Balaban J connectivity index is 1.85. The molecule has 1 aromatic carbocycles. The molecule has 0 aromatic heterocycles. The van der Waals surface area contributed by atoms with E-state index in [0.29, 0.717) is 24.1 Å². The number of aliphatic hydroxyl groups excluding tert-OH is 1. The van der Waals surface area contributed by atoms with E-state index < -0.39 is 6.10 Å². The van der Waals surface area contributed by atoms with Gasteiger partial charge in [0.2, 0.25) is 0 Å². The number of nitrogens with one attached hydrogen (secondary N) is 1. The Morgan fingerprint density at radius 1 is 1.45 bits per heavy atom. The molecule has 0 bridgehead atoms. The van der Waals surface area contributed by atoms with E-state index in [2.05, 4.69) is 24.1 Å². The van der Waals surface area contributed by atoms with Crippen LogP contribution in [0.3, 0.4) is 0 Å². The maximum atomic E-state index is 13.6. The molecule has 2 N–H and O–H groups in total. The molecule has 4 heteroatoms. The lowest BCUT2D eigenvalue weighted by Gasteiger charge is -2.37. The minimum atomic E-state index is -0.785. The summed E-state index contributed by atoms with van der Waals surface area (Å²) in [5, 5.41) is 13.5. The van der Waals surface area contributed by atoms with Crippen molar-refractivity contribution in [3.8, 4) is 0 Å². The van der Waals surface area contributed by atoms with Gasteiger partial charge in [0.25, 0.3) is 0 Å². The Kier molecular flexibility index (Phi) is 5.52. The predicted molar refractivity (Wildman–Crippen MR) is 79.0 cm³/mol. The Morgan fingerprint density at radius 2 is 2.20 bits per heavy atom. The molecule has 20 heavy (non-hydrogen) atoms. The maximum Gasteiger partial charge on any atom is 0.129 e. The molecule has 1 saturated heterocycles. The molecule has 1 aliphatic rings. The lowest BCUT2D eigenvalue weighted by atomic mass is 9.93. The molecule has 0 radical (unpaired) electrons. The van der Waals surface area contributed by atoms with E-state index in [1.807, 2.05) is 0 Å².